The zero-order valence-corrected chi connectivity index (χ0v) is 8.45. The molecule has 1 N–H and O–H groups in total. The lowest BCUT2D eigenvalue weighted by Gasteiger charge is -2.12. The largest absolute Gasteiger partial charge is 0.307 e. The Hall–Kier alpha value is -1.58. The van der Waals surface area contributed by atoms with Crippen molar-refractivity contribution >= 4 is 11.6 Å². The second-order valence-electron chi connectivity index (χ2n) is 3.35. The number of rotatable bonds is 1. The molecule has 1 aromatic heterocycles. The molecule has 0 saturated heterocycles. The molecule has 4 nitrogen and oxygen atoms in total. The standard InChI is InChI=1S/C10H14N3O/c1-8(14)12-7-5-10-9(12)4-3-6-13(10)11-2/h3-4,6,11H,5,7H2,1-2H3/q+1. The van der Waals surface area contributed by atoms with E-state index in [-0.39, 0.29) is 5.91 Å². The van der Waals surface area contributed by atoms with Gasteiger partial charge in [-0.2, -0.15) is 5.43 Å². The third-order valence-corrected chi connectivity index (χ3v) is 2.56. The highest BCUT2D eigenvalue weighted by molar-refractivity contribution is 5.93. The molecule has 1 amide bonds. The lowest BCUT2D eigenvalue weighted by molar-refractivity contribution is -0.654. The Kier molecular flexibility index (Phi) is 2.11. The molecule has 4 heteroatoms. The number of carbonyl (C=O) groups is 1. The predicted molar refractivity (Wildman–Crippen MR) is 53.7 cm³/mol. The van der Waals surface area contributed by atoms with Crippen LogP contribution in [0.5, 0.6) is 0 Å². The van der Waals surface area contributed by atoms with E-state index in [9.17, 15) is 4.79 Å². The summed E-state index contributed by atoms with van der Waals surface area (Å²) in [6, 6.07) is 3.92. The lowest BCUT2D eigenvalue weighted by Crippen LogP contribution is -2.45. The van der Waals surface area contributed by atoms with Crippen LogP contribution >= 0.6 is 0 Å². The molecule has 0 fully saturated rings. The van der Waals surface area contributed by atoms with Crippen molar-refractivity contribution in [1.29, 1.82) is 0 Å². The van der Waals surface area contributed by atoms with Crippen LogP contribution in [0, 0.1) is 0 Å². The fourth-order valence-corrected chi connectivity index (χ4v) is 1.90. The van der Waals surface area contributed by atoms with Crippen LogP contribution < -0.4 is 15.0 Å². The summed E-state index contributed by atoms with van der Waals surface area (Å²) in [6.07, 6.45) is 2.87. The SMILES string of the molecule is CN[n+]1cccc2c1CCN2C(C)=O. The van der Waals surface area contributed by atoms with Crippen molar-refractivity contribution in [2.75, 3.05) is 23.9 Å². The summed E-state index contributed by atoms with van der Waals surface area (Å²) in [6.45, 7) is 2.39. The molecule has 2 heterocycles. The number of carbonyl (C=O) groups excluding carboxylic acids is 1. The summed E-state index contributed by atoms with van der Waals surface area (Å²) in [7, 11) is 1.87. The average molecular weight is 192 g/mol. The van der Waals surface area contributed by atoms with Crippen molar-refractivity contribution in [3.05, 3.63) is 24.0 Å². The van der Waals surface area contributed by atoms with Gasteiger partial charge in [-0.15, -0.1) is 0 Å². The first-order chi connectivity index (χ1) is 6.74. The summed E-state index contributed by atoms with van der Waals surface area (Å²) in [5.41, 5.74) is 5.26. The van der Waals surface area contributed by atoms with Gasteiger partial charge in [-0.3, -0.25) is 4.79 Å². The fourth-order valence-electron chi connectivity index (χ4n) is 1.90. The van der Waals surface area contributed by atoms with Crippen LogP contribution in [0.2, 0.25) is 0 Å². The minimum atomic E-state index is 0.109. The van der Waals surface area contributed by atoms with Crippen LogP contribution in [0.25, 0.3) is 0 Å². The Bertz CT molecular complexity index is 376. The smallest absolute Gasteiger partial charge is 0.236 e. The molecule has 0 bridgehead atoms. The molecule has 1 aromatic rings. The molecule has 74 valence electrons. The monoisotopic (exact) mass is 192 g/mol. The van der Waals surface area contributed by atoms with Gasteiger partial charge in [0.05, 0.1) is 13.5 Å². The number of hydrogen-bond donors (Lipinski definition) is 1. The Labute approximate surface area is 83.1 Å². The molecule has 2 rings (SSSR count). The number of fused-ring (bicyclic) bond motifs is 1. The molecular formula is C10H14N3O+. The van der Waals surface area contributed by atoms with Crippen molar-refractivity contribution in [1.82, 2.24) is 0 Å². The molecule has 0 atom stereocenters. The van der Waals surface area contributed by atoms with E-state index >= 15 is 0 Å². The predicted octanol–water partition coefficient (Wildman–Crippen LogP) is 0.0564. The van der Waals surface area contributed by atoms with Gasteiger partial charge in [0.25, 0.3) is 0 Å². The van der Waals surface area contributed by atoms with Crippen LogP contribution in [0.3, 0.4) is 0 Å². The van der Waals surface area contributed by atoms with E-state index in [4.69, 9.17) is 0 Å². The second kappa shape index (κ2) is 3.29. The van der Waals surface area contributed by atoms with Gasteiger partial charge in [0, 0.05) is 19.5 Å². The zero-order chi connectivity index (χ0) is 10.1. The van der Waals surface area contributed by atoms with Gasteiger partial charge in [0.1, 0.15) is 5.69 Å². The molecule has 1 aliphatic rings. The highest BCUT2D eigenvalue weighted by Gasteiger charge is 2.29. The van der Waals surface area contributed by atoms with Crippen molar-refractivity contribution in [3.8, 4) is 0 Å². The first kappa shape index (κ1) is 8.99. The molecule has 0 spiro atoms. The maximum Gasteiger partial charge on any atom is 0.236 e. The van der Waals surface area contributed by atoms with Gasteiger partial charge in [-0.1, -0.05) is 4.68 Å². The molecule has 0 radical (unpaired) electrons. The highest BCUT2D eigenvalue weighted by Crippen LogP contribution is 2.23. The summed E-state index contributed by atoms with van der Waals surface area (Å²) >= 11 is 0. The number of pyridine rings is 1. The number of nitrogens with zero attached hydrogens (tertiary/aromatic N) is 2. The van der Waals surface area contributed by atoms with E-state index in [1.807, 2.05) is 35.0 Å². The topological polar surface area (TPSA) is 36.2 Å². The molecule has 0 aromatic carbocycles. The van der Waals surface area contributed by atoms with Gasteiger partial charge in [-0.05, 0) is 6.07 Å². The zero-order valence-electron chi connectivity index (χ0n) is 8.45. The first-order valence-corrected chi connectivity index (χ1v) is 4.73. The summed E-state index contributed by atoms with van der Waals surface area (Å²) in [5.74, 6) is 0.109. The average Bonchev–Trinajstić information content (AvgIpc) is 2.60. The molecule has 14 heavy (non-hydrogen) atoms. The molecule has 0 aliphatic carbocycles. The van der Waals surface area contributed by atoms with E-state index in [2.05, 4.69) is 5.43 Å². The number of hydrogen-bond acceptors (Lipinski definition) is 2. The minimum absolute atomic E-state index is 0.109. The fraction of sp³-hybridized carbons (Fsp3) is 0.400. The van der Waals surface area contributed by atoms with Crippen LogP contribution in [-0.2, 0) is 11.2 Å². The van der Waals surface area contributed by atoms with Gasteiger partial charge in [-0.25, -0.2) is 0 Å². The van der Waals surface area contributed by atoms with Crippen LogP contribution in [0.1, 0.15) is 12.6 Å². The normalized spacial score (nSPS) is 14.0. The highest BCUT2D eigenvalue weighted by atomic mass is 16.2. The van der Waals surface area contributed by atoms with E-state index in [0.717, 1.165) is 18.7 Å². The number of aromatic nitrogens is 1. The molecular weight excluding hydrogens is 178 g/mol. The molecule has 0 unspecified atom stereocenters. The van der Waals surface area contributed by atoms with Gasteiger partial charge >= 0.3 is 0 Å². The van der Waals surface area contributed by atoms with Crippen molar-refractivity contribution < 1.29 is 9.47 Å². The Morgan fingerprint density at radius 3 is 3.07 bits per heavy atom. The van der Waals surface area contributed by atoms with Gasteiger partial charge in [0.15, 0.2) is 6.20 Å². The minimum Gasteiger partial charge on any atom is -0.307 e. The Morgan fingerprint density at radius 1 is 1.64 bits per heavy atom. The van der Waals surface area contributed by atoms with E-state index < -0.39 is 0 Å². The van der Waals surface area contributed by atoms with Gasteiger partial charge in [0.2, 0.25) is 11.6 Å². The molecule has 0 saturated carbocycles. The van der Waals surface area contributed by atoms with Crippen molar-refractivity contribution in [2.24, 2.45) is 0 Å². The maximum absolute atomic E-state index is 11.3. The summed E-state index contributed by atoms with van der Waals surface area (Å²) in [5, 5.41) is 0. The number of nitrogens with one attached hydrogen (secondary N) is 1. The van der Waals surface area contributed by atoms with E-state index in [0.29, 0.717) is 0 Å². The van der Waals surface area contributed by atoms with Crippen molar-refractivity contribution in [2.45, 2.75) is 13.3 Å². The van der Waals surface area contributed by atoms with Crippen molar-refractivity contribution in [3.63, 3.8) is 0 Å². The molecule has 1 aliphatic heterocycles. The van der Waals surface area contributed by atoms with E-state index in [1.165, 1.54) is 5.69 Å². The first-order valence-electron chi connectivity index (χ1n) is 4.73. The number of amides is 1. The Morgan fingerprint density at radius 2 is 2.43 bits per heavy atom. The maximum atomic E-state index is 11.3. The second-order valence-corrected chi connectivity index (χ2v) is 3.35. The lowest BCUT2D eigenvalue weighted by atomic mass is 10.3. The quantitative estimate of drug-likeness (QED) is 0.639. The third-order valence-electron chi connectivity index (χ3n) is 2.56. The Balaban J connectivity index is 2.46. The number of anilines is 1. The van der Waals surface area contributed by atoms with Crippen LogP contribution in [-0.4, -0.2) is 19.5 Å². The summed E-state index contributed by atoms with van der Waals surface area (Å²) < 4.78 is 1.96. The van der Waals surface area contributed by atoms with Crippen LogP contribution in [0.4, 0.5) is 5.69 Å². The van der Waals surface area contributed by atoms with E-state index in [1.54, 1.807) is 6.92 Å². The van der Waals surface area contributed by atoms with Gasteiger partial charge < -0.3 is 4.90 Å². The third kappa shape index (κ3) is 1.23. The summed E-state index contributed by atoms with van der Waals surface area (Å²) in [4.78, 5) is 13.1. The van der Waals surface area contributed by atoms with Crippen LogP contribution in [0.15, 0.2) is 18.3 Å².